The van der Waals surface area contributed by atoms with Crippen LogP contribution in [0.15, 0.2) is 21.3 Å². The van der Waals surface area contributed by atoms with Crippen molar-refractivity contribution in [1.82, 2.24) is 10.2 Å². The number of alkyl halides is 1. The maximum atomic E-state index is 11.7. The molecule has 2 rings (SSSR count). The second-order valence-corrected chi connectivity index (χ2v) is 5.00. The number of likely N-dealkylation sites (tertiary alicyclic amines) is 1. The molecule has 0 spiro atoms. The van der Waals surface area contributed by atoms with Crippen LogP contribution in [-0.4, -0.2) is 42.5 Å². The van der Waals surface area contributed by atoms with Gasteiger partial charge in [-0.05, 0) is 6.92 Å². The fourth-order valence-corrected chi connectivity index (χ4v) is 2.21. The van der Waals surface area contributed by atoms with E-state index in [0.717, 1.165) is 6.42 Å². The first kappa shape index (κ1) is 14.7. The number of carbonyl (C=O) groups excluding carboxylic acids is 1. The highest BCUT2D eigenvalue weighted by Gasteiger charge is 2.27. The summed E-state index contributed by atoms with van der Waals surface area (Å²) in [5.74, 6) is 1.37. The van der Waals surface area contributed by atoms with E-state index >= 15 is 0 Å². The summed E-state index contributed by atoms with van der Waals surface area (Å²) in [4.78, 5) is 24.7. The summed E-state index contributed by atoms with van der Waals surface area (Å²) in [7, 11) is 0. The first-order chi connectivity index (χ1) is 9.58. The van der Waals surface area contributed by atoms with E-state index in [9.17, 15) is 9.59 Å². The molecular formula is C13H17ClN2O4. The lowest BCUT2D eigenvalue weighted by atomic mass is 10.3. The zero-order valence-corrected chi connectivity index (χ0v) is 12.0. The van der Waals surface area contributed by atoms with E-state index in [0.29, 0.717) is 37.0 Å². The lowest BCUT2D eigenvalue weighted by Crippen LogP contribution is -2.40. The molecule has 1 aromatic rings. The van der Waals surface area contributed by atoms with Crippen molar-refractivity contribution in [3.05, 3.63) is 28.3 Å². The second-order valence-electron chi connectivity index (χ2n) is 4.62. The van der Waals surface area contributed by atoms with Gasteiger partial charge in [-0.15, -0.1) is 11.6 Å². The van der Waals surface area contributed by atoms with E-state index in [1.165, 1.54) is 6.07 Å². The second kappa shape index (κ2) is 6.65. The summed E-state index contributed by atoms with van der Waals surface area (Å²) < 4.78 is 10.6. The smallest absolute Gasteiger partial charge is 0.339 e. The summed E-state index contributed by atoms with van der Waals surface area (Å²) in [6.45, 7) is 3.25. The zero-order chi connectivity index (χ0) is 14.5. The average molecular weight is 301 g/mol. The third-order valence-electron chi connectivity index (χ3n) is 2.97. The van der Waals surface area contributed by atoms with Crippen LogP contribution in [0.4, 0.5) is 4.79 Å². The SMILES string of the molecule is Cc1cc(OC2CCN(C(=O)NCCCl)C2)cc(=O)o1. The third kappa shape index (κ3) is 3.90. The van der Waals surface area contributed by atoms with Crippen LogP contribution in [0.25, 0.3) is 0 Å². The fraction of sp³-hybridized carbons (Fsp3) is 0.538. The van der Waals surface area contributed by atoms with Gasteiger partial charge in [-0.2, -0.15) is 0 Å². The van der Waals surface area contributed by atoms with E-state index in [1.807, 2.05) is 0 Å². The molecule has 0 aromatic carbocycles. The molecule has 0 radical (unpaired) electrons. The number of rotatable bonds is 4. The van der Waals surface area contributed by atoms with Crippen molar-refractivity contribution in [3.63, 3.8) is 0 Å². The number of hydrogen-bond donors (Lipinski definition) is 1. The van der Waals surface area contributed by atoms with Crippen LogP contribution in [0.1, 0.15) is 12.2 Å². The maximum Gasteiger partial charge on any atom is 0.339 e. The monoisotopic (exact) mass is 300 g/mol. The molecule has 0 bridgehead atoms. The minimum absolute atomic E-state index is 0.113. The lowest BCUT2D eigenvalue weighted by molar-refractivity contribution is 0.186. The normalized spacial score (nSPS) is 18.1. The van der Waals surface area contributed by atoms with Crippen molar-refractivity contribution in [2.45, 2.75) is 19.4 Å². The summed E-state index contributed by atoms with van der Waals surface area (Å²) >= 11 is 5.52. The topological polar surface area (TPSA) is 71.8 Å². The van der Waals surface area contributed by atoms with Crippen LogP contribution in [0.3, 0.4) is 0 Å². The third-order valence-corrected chi connectivity index (χ3v) is 3.16. The molecule has 1 aromatic heterocycles. The van der Waals surface area contributed by atoms with E-state index < -0.39 is 5.63 Å². The number of amides is 2. The number of ether oxygens (including phenoxy) is 1. The standard InChI is InChI=1S/C13H17ClN2O4/c1-9-6-11(7-12(17)19-9)20-10-2-5-16(8-10)13(18)15-4-3-14/h6-7,10H,2-5,8H2,1H3,(H,15,18). The van der Waals surface area contributed by atoms with Gasteiger partial charge in [0.05, 0.1) is 12.6 Å². The Balaban J connectivity index is 1.90. The molecule has 1 N–H and O–H groups in total. The Labute approximate surface area is 121 Å². The number of nitrogens with zero attached hydrogens (tertiary/aromatic N) is 1. The summed E-state index contributed by atoms with van der Waals surface area (Å²) in [5, 5.41) is 2.71. The first-order valence-electron chi connectivity index (χ1n) is 6.45. The van der Waals surface area contributed by atoms with Crippen molar-refractivity contribution < 1.29 is 13.9 Å². The molecule has 110 valence electrons. The number of hydrogen-bond acceptors (Lipinski definition) is 4. The molecule has 1 fully saturated rings. The van der Waals surface area contributed by atoms with E-state index in [1.54, 1.807) is 17.9 Å². The first-order valence-corrected chi connectivity index (χ1v) is 6.99. The van der Waals surface area contributed by atoms with Gasteiger partial charge < -0.3 is 19.4 Å². The Hall–Kier alpha value is -1.69. The lowest BCUT2D eigenvalue weighted by Gasteiger charge is -2.17. The van der Waals surface area contributed by atoms with Crippen molar-refractivity contribution in [1.29, 1.82) is 0 Å². The zero-order valence-electron chi connectivity index (χ0n) is 11.2. The van der Waals surface area contributed by atoms with Gasteiger partial charge in [-0.3, -0.25) is 0 Å². The molecule has 20 heavy (non-hydrogen) atoms. The number of urea groups is 1. The van der Waals surface area contributed by atoms with Crippen LogP contribution in [-0.2, 0) is 0 Å². The molecule has 0 saturated carbocycles. The predicted octanol–water partition coefficient (Wildman–Crippen LogP) is 1.35. The minimum atomic E-state index is -0.435. The Bertz CT molecular complexity index is 531. The maximum absolute atomic E-state index is 11.7. The van der Waals surface area contributed by atoms with Gasteiger partial charge in [0.1, 0.15) is 17.6 Å². The molecule has 7 heteroatoms. The molecule has 2 heterocycles. The van der Waals surface area contributed by atoms with Crippen LogP contribution in [0, 0.1) is 6.92 Å². The van der Waals surface area contributed by atoms with Gasteiger partial charge >= 0.3 is 11.7 Å². The van der Waals surface area contributed by atoms with Crippen molar-refractivity contribution in [3.8, 4) is 5.75 Å². The average Bonchev–Trinajstić information content (AvgIpc) is 2.83. The number of halogens is 1. The molecule has 1 unspecified atom stereocenters. The van der Waals surface area contributed by atoms with Crippen LogP contribution in [0.5, 0.6) is 5.75 Å². The highest BCUT2D eigenvalue weighted by atomic mass is 35.5. The molecular weight excluding hydrogens is 284 g/mol. The van der Waals surface area contributed by atoms with Crippen molar-refractivity contribution in [2.75, 3.05) is 25.5 Å². The molecule has 6 nitrogen and oxygen atoms in total. The highest BCUT2D eigenvalue weighted by molar-refractivity contribution is 6.18. The molecule has 1 atom stereocenters. The number of nitrogens with one attached hydrogen (secondary N) is 1. The van der Waals surface area contributed by atoms with Gasteiger partial charge in [-0.25, -0.2) is 9.59 Å². The molecule has 1 saturated heterocycles. The summed E-state index contributed by atoms with van der Waals surface area (Å²) in [6.07, 6.45) is 0.617. The Morgan fingerprint density at radius 1 is 1.60 bits per heavy atom. The number of aryl methyl sites for hydroxylation is 1. The minimum Gasteiger partial charge on any atom is -0.488 e. The fourth-order valence-electron chi connectivity index (χ4n) is 2.11. The molecule has 0 aliphatic carbocycles. The molecule has 1 aliphatic rings. The van der Waals surface area contributed by atoms with Crippen molar-refractivity contribution >= 4 is 17.6 Å². The van der Waals surface area contributed by atoms with Gasteiger partial charge in [0.25, 0.3) is 0 Å². The quantitative estimate of drug-likeness (QED) is 0.852. The Morgan fingerprint density at radius 2 is 2.40 bits per heavy atom. The van der Waals surface area contributed by atoms with Crippen LogP contribution in [0.2, 0.25) is 0 Å². The van der Waals surface area contributed by atoms with E-state index in [2.05, 4.69) is 5.32 Å². The largest absolute Gasteiger partial charge is 0.488 e. The van der Waals surface area contributed by atoms with Crippen molar-refractivity contribution in [2.24, 2.45) is 0 Å². The molecule has 2 amide bonds. The summed E-state index contributed by atoms with van der Waals surface area (Å²) in [6, 6.07) is 2.83. The van der Waals surface area contributed by atoms with Gasteiger partial charge in [0, 0.05) is 31.5 Å². The van der Waals surface area contributed by atoms with E-state index in [4.69, 9.17) is 20.8 Å². The van der Waals surface area contributed by atoms with Gasteiger partial charge in [-0.1, -0.05) is 0 Å². The Morgan fingerprint density at radius 3 is 3.10 bits per heavy atom. The Kier molecular flexibility index (Phi) is 4.89. The van der Waals surface area contributed by atoms with Gasteiger partial charge in [0.15, 0.2) is 0 Å². The highest BCUT2D eigenvalue weighted by Crippen LogP contribution is 2.18. The number of carbonyl (C=O) groups is 1. The van der Waals surface area contributed by atoms with E-state index in [-0.39, 0.29) is 12.1 Å². The predicted molar refractivity (Wildman–Crippen MR) is 74.4 cm³/mol. The summed E-state index contributed by atoms with van der Waals surface area (Å²) in [5.41, 5.74) is -0.435. The van der Waals surface area contributed by atoms with Crippen LogP contribution >= 0.6 is 11.6 Å². The van der Waals surface area contributed by atoms with Crippen LogP contribution < -0.4 is 15.7 Å². The van der Waals surface area contributed by atoms with Gasteiger partial charge in [0.2, 0.25) is 0 Å². The molecule has 1 aliphatic heterocycles.